The third-order valence-corrected chi connectivity index (χ3v) is 9.29. The first kappa shape index (κ1) is 14.2. The van der Waals surface area contributed by atoms with Crippen LogP contribution in [0.1, 0.15) is 33.1 Å². The average Bonchev–Trinajstić information content (AvgIpc) is 2.72. The van der Waals surface area contributed by atoms with Crippen LogP contribution in [0, 0.1) is 5.92 Å². The maximum absolute atomic E-state index is 11.4. The van der Waals surface area contributed by atoms with E-state index in [1.54, 1.807) is 0 Å². The van der Waals surface area contributed by atoms with E-state index in [1.165, 1.54) is 19.1 Å². The summed E-state index contributed by atoms with van der Waals surface area (Å²) in [4.78, 5) is 0. The van der Waals surface area contributed by atoms with Gasteiger partial charge in [-0.3, -0.25) is 4.18 Å². The lowest BCUT2D eigenvalue weighted by Crippen LogP contribution is -2.48. The molecule has 2 unspecified atom stereocenters. The molecule has 1 rings (SSSR count). The van der Waals surface area contributed by atoms with Gasteiger partial charge in [0.15, 0.2) is 0 Å². The van der Waals surface area contributed by atoms with Gasteiger partial charge in [0.25, 0.3) is 10.1 Å². The third-order valence-electron chi connectivity index (χ3n) is 3.85. The highest BCUT2D eigenvalue weighted by Crippen LogP contribution is 2.55. The summed E-state index contributed by atoms with van der Waals surface area (Å²) in [6, 6.07) is 1.16. The zero-order valence-electron chi connectivity index (χ0n) is 11.0. The smallest absolute Gasteiger partial charge is 0.264 e. The van der Waals surface area contributed by atoms with Gasteiger partial charge < -0.3 is 0 Å². The van der Waals surface area contributed by atoms with Crippen molar-refractivity contribution in [1.82, 2.24) is 0 Å². The molecule has 0 bridgehead atoms. The highest BCUT2D eigenvalue weighted by molar-refractivity contribution is 7.86. The van der Waals surface area contributed by atoms with E-state index in [9.17, 15) is 8.42 Å². The van der Waals surface area contributed by atoms with Crippen LogP contribution in [0.3, 0.4) is 0 Å². The molecular formula is C11H24O3SSi. The lowest BCUT2D eigenvalue weighted by atomic mass is 10.4. The SMILES string of the molecule is CCCC[Si](C)(C)C1(OS(C)(=O)=O)CC1C. The van der Waals surface area contributed by atoms with Crippen molar-refractivity contribution < 1.29 is 12.6 Å². The highest BCUT2D eigenvalue weighted by Gasteiger charge is 2.64. The van der Waals surface area contributed by atoms with Gasteiger partial charge in [0.1, 0.15) is 0 Å². The van der Waals surface area contributed by atoms with Gasteiger partial charge in [-0.25, -0.2) is 0 Å². The summed E-state index contributed by atoms with van der Waals surface area (Å²) in [7, 11) is -4.94. The van der Waals surface area contributed by atoms with Gasteiger partial charge in [0.2, 0.25) is 0 Å². The van der Waals surface area contributed by atoms with Crippen LogP contribution < -0.4 is 0 Å². The van der Waals surface area contributed by atoms with Gasteiger partial charge in [-0.05, 0) is 12.3 Å². The summed E-state index contributed by atoms with van der Waals surface area (Å²) in [5.41, 5.74) is 0. The molecule has 0 amide bonds. The van der Waals surface area contributed by atoms with Gasteiger partial charge in [-0.15, -0.1) is 0 Å². The Labute approximate surface area is 101 Å². The van der Waals surface area contributed by atoms with Crippen molar-refractivity contribution in [3.63, 3.8) is 0 Å². The molecule has 0 saturated heterocycles. The van der Waals surface area contributed by atoms with Crippen LogP contribution in [-0.2, 0) is 14.3 Å². The van der Waals surface area contributed by atoms with Crippen LogP contribution in [0.25, 0.3) is 0 Å². The predicted molar refractivity (Wildman–Crippen MR) is 69.6 cm³/mol. The second-order valence-corrected chi connectivity index (χ2v) is 12.5. The van der Waals surface area contributed by atoms with Gasteiger partial charge in [-0.2, -0.15) is 8.42 Å². The van der Waals surface area contributed by atoms with Crippen molar-refractivity contribution in [3.05, 3.63) is 0 Å². The lowest BCUT2D eigenvalue weighted by molar-refractivity contribution is 0.243. The quantitative estimate of drug-likeness (QED) is 0.547. The molecule has 3 nitrogen and oxygen atoms in total. The molecule has 1 fully saturated rings. The number of rotatable bonds is 6. The molecule has 0 spiro atoms. The Morgan fingerprint density at radius 3 is 2.25 bits per heavy atom. The molecule has 5 heteroatoms. The van der Waals surface area contributed by atoms with E-state index in [0.717, 1.165) is 12.5 Å². The zero-order chi connectivity index (χ0) is 12.6. The summed E-state index contributed by atoms with van der Waals surface area (Å²) in [6.07, 6.45) is 4.44. The van der Waals surface area contributed by atoms with Crippen LogP contribution in [0.4, 0.5) is 0 Å². The van der Waals surface area contributed by atoms with Crippen molar-refractivity contribution in [2.45, 2.75) is 57.5 Å². The summed E-state index contributed by atoms with van der Waals surface area (Å²) < 4.78 is 28.2. The molecule has 0 aromatic heterocycles. The second kappa shape index (κ2) is 4.42. The van der Waals surface area contributed by atoms with Gasteiger partial charge in [-0.1, -0.05) is 45.8 Å². The van der Waals surface area contributed by atoms with Crippen molar-refractivity contribution >= 4 is 18.2 Å². The maximum Gasteiger partial charge on any atom is 0.264 e. The zero-order valence-corrected chi connectivity index (χ0v) is 12.9. The van der Waals surface area contributed by atoms with Gasteiger partial charge in [0.05, 0.1) is 19.6 Å². The number of hydrogen-bond acceptors (Lipinski definition) is 3. The fourth-order valence-electron chi connectivity index (χ4n) is 2.67. The Morgan fingerprint density at radius 1 is 1.44 bits per heavy atom. The largest absolute Gasteiger partial charge is 0.267 e. The first-order valence-electron chi connectivity index (χ1n) is 6.05. The molecule has 0 aliphatic heterocycles. The van der Waals surface area contributed by atoms with Gasteiger partial charge >= 0.3 is 0 Å². The van der Waals surface area contributed by atoms with Crippen LogP contribution in [-0.4, -0.2) is 28.0 Å². The first-order valence-corrected chi connectivity index (χ1v) is 11.1. The highest BCUT2D eigenvalue weighted by atomic mass is 32.2. The Bertz CT molecular complexity index is 350. The van der Waals surface area contributed by atoms with Crippen molar-refractivity contribution in [3.8, 4) is 0 Å². The summed E-state index contributed by atoms with van der Waals surface area (Å²) >= 11 is 0. The maximum atomic E-state index is 11.4. The lowest BCUT2D eigenvalue weighted by Gasteiger charge is -2.32. The normalized spacial score (nSPS) is 30.4. The fourth-order valence-corrected chi connectivity index (χ4v) is 8.65. The second-order valence-electron chi connectivity index (χ2n) is 5.77. The van der Waals surface area contributed by atoms with E-state index < -0.39 is 18.2 Å². The summed E-state index contributed by atoms with van der Waals surface area (Å²) in [6.45, 7) is 8.80. The molecule has 96 valence electrons. The van der Waals surface area contributed by atoms with Crippen LogP contribution >= 0.6 is 0 Å². The van der Waals surface area contributed by atoms with Crippen molar-refractivity contribution in [2.75, 3.05) is 6.26 Å². The number of hydrogen-bond donors (Lipinski definition) is 0. The molecule has 2 atom stereocenters. The fraction of sp³-hybridized carbons (Fsp3) is 1.00. The average molecular weight is 264 g/mol. The molecule has 16 heavy (non-hydrogen) atoms. The molecular weight excluding hydrogens is 240 g/mol. The topological polar surface area (TPSA) is 43.4 Å². The monoisotopic (exact) mass is 264 g/mol. The predicted octanol–water partition coefficient (Wildman–Crippen LogP) is 2.79. The van der Waals surface area contributed by atoms with Crippen LogP contribution in [0.5, 0.6) is 0 Å². The molecule has 0 aromatic rings. The molecule has 0 radical (unpaired) electrons. The molecule has 1 aliphatic rings. The van der Waals surface area contributed by atoms with Crippen molar-refractivity contribution in [1.29, 1.82) is 0 Å². The minimum Gasteiger partial charge on any atom is -0.267 e. The van der Waals surface area contributed by atoms with Crippen LogP contribution in [0.15, 0.2) is 0 Å². The van der Waals surface area contributed by atoms with Gasteiger partial charge in [0, 0.05) is 0 Å². The van der Waals surface area contributed by atoms with E-state index in [0.29, 0.717) is 5.92 Å². The van der Waals surface area contributed by atoms with E-state index >= 15 is 0 Å². The minimum absolute atomic E-state index is 0.310. The first-order chi connectivity index (χ1) is 7.15. The van der Waals surface area contributed by atoms with E-state index in [2.05, 4.69) is 26.9 Å². The number of unbranched alkanes of at least 4 members (excludes halogenated alkanes) is 1. The van der Waals surface area contributed by atoms with Crippen molar-refractivity contribution in [2.24, 2.45) is 5.92 Å². The molecule has 1 aliphatic carbocycles. The molecule has 0 N–H and O–H groups in total. The Kier molecular flexibility index (Phi) is 3.92. The summed E-state index contributed by atoms with van der Waals surface area (Å²) in [5, 5.41) is -0.310. The molecule has 0 heterocycles. The van der Waals surface area contributed by atoms with E-state index in [-0.39, 0.29) is 5.22 Å². The third kappa shape index (κ3) is 2.87. The Hall–Kier alpha value is 0.127. The summed E-state index contributed by atoms with van der Waals surface area (Å²) in [5.74, 6) is 0.403. The Balaban J connectivity index is 2.81. The molecule has 0 aromatic carbocycles. The Morgan fingerprint density at radius 2 is 1.94 bits per heavy atom. The molecule has 1 saturated carbocycles. The standard InChI is InChI=1S/C11H24O3SSi/c1-6-7-8-16(4,5)11(9-10(11)2)14-15(3,12)13/h10H,6-9H2,1-5H3. The minimum atomic E-state index is -3.33. The van der Waals surface area contributed by atoms with E-state index in [4.69, 9.17) is 4.18 Å². The van der Waals surface area contributed by atoms with E-state index in [1.807, 2.05) is 0 Å². The van der Waals surface area contributed by atoms with Crippen LogP contribution in [0.2, 0.25) is 19.1 Å².